The van der Waals surface area contributed by atoms with E-state index in [0.717, 1.165) is 25.9 Å². The van der Waals surface area contributed by atoms with Crippen molar-refractivity contribution in [3.63, 3.8) is 0 Å². The monoisotopic (exact) mass is 332 g/mol. The molecule has 1 heterocycles. The fraction of sp³-hybridized carbons (Fsp3) is 0.450. The summed E-state index contributed by atoms with van der Waals surface area (Å²) in [6, 6.07) is 8.30. The zero-order chi connectivity index (χ0) is 18.2. The fourth-order valence-corrected chi connectivity index (χ4v) is 2.12. The van der Waals surface area contributed by atoms with Gasteiger partial charge in [-0.05, 0) is 44.5 Å². The zero-order valence-corrected chi connectivity index (χ0v) is 15.7. The molecule has 1 amide bonds. The molecule has 4 nitrogen and oxygen atoms in total. The molecule has 0 bridgehead atoms. The second-order valence-electron chi connectivity index (χ2n) is 5.35. The van der Waals surface area contributed by atoms with Crippen LogP contribution in [0.4, 0.5) is 0 Å². The second kappa shape index (κ2) is 14.5. The Balaban J connectivity index is 0.000000379. The van der Waals surface area contributed by atoms with Crippen LogP contribution in [0.2, 0.25) is 0 Å². The minimum Gasteiger partial charge on any atom is -0.394 e. The summed E-state index contributed by atoms with van der Waals surface area (Å²) in [5, 5.41) is 2.84. The first kappa shape index (κ1) is 21.9. The smallest absolute Gasteiger partial charge is 0.210 e. The maximum atomic E-state index is 10.5. The molecule has 0 radical (unpaired) electrons. The van der Waals surface area contributed by atoms with Crippen molar-refractivity contribution in [3.8, 4) is 0 Å². The van der Waals surface area contributed by atoms with Crippen molar-refractivity contribution in [1.29, 1.82) is 0 Å². The van der Waals surface area contributed by atoms with Crippen LogP contribution in [0.25, 0.3) is 0 Å². The number of carbonyl (C=O) groups is 1. The third-order valence-corrected chi connectivity index (χ3v) is 3.48. The minimum absolute atomic E-state index is 0.269. The first-order chi connectivity index (χ1) is 11.6. The normalized spacial score (nSPS) is 14.1. The van der Waals surface area contributed by atoms with Crippen LogP contribution < -0.4 is 5.32 Å². The Hall–Kier alpha value is -2.07. The molecular weight excluding hydrogens is 300 g/mol. The number of allylic oxidation sites excluding steroid dienone is 2. The molecule has 1 aliphatic rings. The number of benzene rings is 1. The van der Waals surface area contributed by atoms with E-state index in [-0.39, 0.29) is 6.10 Å². The van der Waals surface area contributed by atoms with Crippen molar-refractivity contribution in [2.45, 2.75) is 39.8 Å². The summed E-state index contributed by atoms with van der Waals surface area (Å²) in [7, 11) is 3.57. The average molecular weight is 332 g/mol. The van der Waals surface area contributed by atoms with Gasteiger partial charge in [0.2, 0.25) is 6.41 Å². The number of fused-ring (bicyclic) bond motifs is 1. The molecule has 24 heavy (non-hydrogen) atoms. The van der Waals surface area contributed by atoms with Gasteiger partial charge in [-0.3, -0.25) is 4.79 Å². The lowest BCUT2D eigenvalue weighted by Crippen LogP contribution is -2.28. The molecule has 0 aromatic heterocycles. The highest BCUT2D eigenvalue weighted by Gasteiger charge is 2.12. The van der Waals surface area contributed by atoms with Crippen LogP contribution in [0.1, 0.15) is 31.9 Å². The van der Waals surface area contributed by atoms with Crippen LogP contribution in [0.3, 0.4) is 0 Å². The zero-order valence-electron chi connectivity index (χ0n) is 15.7. The molecular formula is C20H32N2O2. The van der Waals surface area contributed by atoms with Gasteiger partial charge < -0.3 is 15.0 Å². The number of rotatable bonds is 4. The minimum atomic E-state index is 0.269. The van der Waals surface area contributed by atoms with Crippen molar-refractivity contribution in [3.05, 3.63) is 59.8 Å². The number of hydrogen-bond acceptors (Lipinski definition) is 3. The van der Waals surface area contributed by atoms with Crippen molar-refractivity contribution in [1.82, 2.24) is 10.2 Å². The van der Waals surface area contributed by atoms with E-state index in [4.69, 9.17) is 4.74 Å². The Bertz CT molecular complexity index is 498. The third-order valence-electron chi connectivity index (χ3n) is 3.48. The van der Waals surface area contributed by atoms with Crippen LogP contribution in [0, 0.1) is 0 Å². The summed E-state index contributed by atoms with van der Waals surface area (Å²) in [6.07, 6.45) is 9.99. The Labute approximate surface area is 147 Å². The molecule has 1 aromatic carbocycles. The van der Waals surface area contributed by atoms with Gasteiger partial charge in [0, 0.05) is 27.2 Å². The molecule has 0 spiro atoms. The van der Waals surface area contributed by atoms with Crippen molar-refractivity contribution in [2.24, 2.45) is 0 Å². The third kappa shape index (κ3) is 9.85. The van der Waals surface area contributed by atoms with E-state index in [0.29, 0.717) is 0 Å². The maximum absolute atomic E-state index is 10.5. The van der Waals surface area contributed by atoms with E-state index in [1.54, 1.807) is 7.11 Å². The Morgan fingerprint density at radius 2 is 1.88 bits per heavy atom. The number of amides is 1. The van der Waals surface area contributed by atoms with E-state index >= 15 is 0 Å². The van der Waals surface area contributed by atoms with Gasteiger partial charge in [0.1, 0.15) is 0 Å². The summed E-state index contributed by atoms with van der Waals surface area (Å²) in [4.78, 5) is 12.3. The molecule has 1 N–H and O–H groups in total. The quantitative estimate of drug-likeness (QED) is 0.677. The lowest BCUT2D eigenvalue weighted by molar-refractivity contribution is -0.118. The van der Waals surface area contributed by atoms with Crippen LogP contribution in [-0.2, 0) is 22.5 Å². The summed E-state index contributed by atoms with van der Waals surface area (Å²) in [5.74, 6) is 0. The van der Waals surface area contributed by atoms with Gasteiger partial charge in [0.05, 0.1) is 6.10 Å². The molecule has 0 saturated carbocycles. The maximum Gasteiger partial charge on any atom is 0.210 e. The number of methoxy groups -OCH3 is 1. The highest BCUT2D eigenvalue weighted by Crippen LogP contribution is 2.16. The number of carbonyl (C=O) groups excluding carboxylic acids is 1. The predicted molar refractivity (Wildman–Crippen MR) is 102 cm³/mol. The largest absolute Gasteiger partial charge is 0.394 e. The van der Waals surface area contributed by atoms with E-state index in [9.17, 15) is 4.79 Å². The highest BCUT2D eigenvalue weighted by molar-refractivity contribution is 5.49. The van der Waals surface area contributed by atoms with Gasteiger partial charge in [0.15, 0.2) is 0 Å². The first-order valence-corrected chi connectivity index (χ1v) is 8.33. The van der Waals surface area contributed by atoms with E-state index < -0.39 is 0 Å². The lowest BCUT2D eigenvalue weighted by Gasteiger charge is -2.24. The van der Waals surface area contributed by atoms with E-state index in [1.807, 2.05) is 63.2 Å². The summed E-state index contributed by atoms with van der Waals surface area (Å²) < 4.78 is 4.90. The molecule has 1 unspecified atom stereocenters. The Morgan fingerprint density at radius 3 is 2.29 bits per heavy atom. The lowest BCUT2D eigenvalue weighted by atomic mass is 10.0. The SMILES string of the molecule is C/C=C/NC.C/C=C\C(C)OC.O=CN1CCc2ccccc2C1. The molecule has 0 fully saturated rings. The van der Waals surface area contributed by atoms with Gasteiger partial charge >= 0.3 is 0 Å². The summed E-state index contributed by atoms with van der Waals surface area (Å²) in [5.41, 5.74) is 2.67. The topological polar surface area (TPSA) is 41.6 Å². The molecule has 1 aliphatic heterocycles. The molecule has 1 aromatic rings. The highest BCUT2D eigenvalue weighted by atomic mass is 16.5. The predicted octanol–water partition coefficient (Wildman–Crippen LogP) is 3.54. The van der Waals surface area contributed by atoms with Gasteiger partial charge in [-0.1, -0.05) is 42.5 Å². The molecule has 0 saturated heterocycles. The van der Waals surface area contributed by atoms with Crippen molar-refractivity contribution >= 4 is 6.41 Å². The Kier molecular flexibility index (Phi) is 13.3. The van der Waals surface area contributed by atoms with Gasteiger partial charge in [-0.2, -0.15) is 0 Å². The number of nitrogens with zero attached hydrogens (tertiary/aromatic N) is 1. The standard InChI is InChI=1S/C10H11NO.C6H12O.C4H9N/c12-8-11-6-5-9-3-1-2-4-10(9)7-11;1-4-5-6(2)7-3;1-3-4-5-2/h1-4,8H,5-7H2;4-6H,1-3H3;3-5H,1-2H3/b;5-4-;4-3+. The molecule has 134 valence electrons. The van der Waals surface area contributed by atoms with E-state index in [1.165, 1.54) is 11.1 Å². The van der Waals surface area contributed by atoms with Crippen LogP contribution >= 0.6 is 0 Å². The number of ether oxygens (including phenoxy) is 1. The molecule has 1 atom stereocenters. The van der Waals surface area contributed by atoms with Crippen LogP contribution in [-0.4, -0.2) is 38.1 Å². The average Bonchev–Trinajstić information content (AvgIpc) is 2.63. The van der Waals surface area contributed by atoms with Crippen molar-refractivity contribution < 1.29 is 9.53 Å². The number of hydrogen-bond donors (Lipinski definition) is 1. The molecule has 2 rings (SSSR count). The Morgan fingerprint density at radius 1 is 1.21 bits per heavy atom. The van der Waals surface area contributed by atoms with Crippen LogP contribution in [0.5, 0.6) is 0 Å². The first-order valence-electron chi connectivity index (χ1n) is 8.33. The van der Waals surface area contributed by atoms with Gasteiger partial charge in [0.25, 0.3) is 0 Å². The van der Waals surface area contributed by atoms with Crippen molar-refractivity contribution in [2.75, 3.05) is 20.7 Å². The number of nitrogens with one attached hydrogen (secondary N) is 1. The van der Waals surface area contributed by atoms with Crippen LogP contribution in [0.15, 0.2) is 48.7 Å². The molecule has 0 aliphatic carbocycles. The fourth-order valence-electron chi connectivity index (χ4n) is 2.12. The summed E-state index contributed by atoms with van der Waals surface area (Å²) >= 11 is 0. The summed E-state index contributed by atoms with van der Waals surface area (Å²) in [6.45, 7) is 7.59. The molecule has 4 heteroatoms. The van der Waals surface area contributed by atoms with Gasteiger partial charge in [-0.25, -0.2) is 0 Å². The van der Waals surface area contributed by atoms with Gasteiger partial charge in [-0.15, -0.1) is 0 Å². The van der Waals surface area contributed by atoms with E-state index in [2.05, 4.69) is 23.5 Å². The second-order valence-corrected chi connectivity index (χ2v) is 5.35.